The summed E-state index contributed by atoms with van der Waals surface area (Å²) in [5, 5.41) is 24.0. The maximum absolute atomic E-state index is 10.4. The lowest BCUT2D eigenvalue weighted by Gasteiger charge is -2.03. The molecule has 0 saturated carbocycles. The molecule has 0 spiro atoms. The van der Waals surface area contributed by atoms with Crippen molar-refractivity contribution in [2.24, 2.45) is 0 Å². The average molecular weight is 445 g/mol. The zero-order valence-corrected chi connectivity index (χ0v) is 19.9. The Labute approximate surface area is 189 Å². The highest BCUT2D eigenvalue weighted by atomic mass is 16.4. The summed E-state index contributed by atoms with van der Waals surface area (Å²) in [5.41, 5.74) is 0. The van der Waals surface area contributed by atoms with Crippen LogP contribution in [0.15, 0.2) is 0 Å². The first kappa shape index (κ1) is 31.6. The Morgan fingerprint density at radius 2 is 0.677 bits per heavy atom. The first-order valence-corrected chi connectivity index (χ1v) is 12.6. The van der Waals surface area contributed by atoms with Gasteiger partial charge in [-0.15, -0.1) is 0 Å². The van der Waals surface area contributed by atoms with Gasteiger partial charge < -0.3 is 15.3 Å². The van der Waals surface area contributed by atoms with Gasteiger partial charge in [0.15, 0.2) is 0 Å². The number of unbranched alkanes of at least 4 members (excludes halogenated alkanes) is 18. The molecule has 0 saturated heterocycles. The summed E-state index contributed by atoms with van der Waals surface area (Å²) in [6, 6.07) is 0. The molecular formula is C25H48O6. The van der Waals surface area contributed by atoms with Gasteiger partial charge in [0.2, 0.25) is 0 Å². The van der Waals surface area contributed by atoms with Crippen molar-refractivity contribution in [1.82, 2.24) is 0 Å². The molecule has 0 aromatic rings. The van der Waals surface area contributed by atoms with Gasteiger partial charge in [-0.05, 0) is 6.42 Å². The summed E-state index contributed by atoms with van der Waals surface area (Å²) in [6.45, 7) is 2.28. The number of carboxylic acids is 3. The number of hydrogen-bond acceptors (Lipinski definition) is 3. The van der Waals surface area contributed by atoms with Gasteiger partial charge in [0, 0.05) is 6.42 Å². The molecule has 0 radical (unpaired) electrons. The molecule has 0 fully saturated rings. The normalized spacial score (nSPS) is 10.4. The van der Waals surface area contributed by atoms with Gasteiger partial charge in [-0.3, -0.25) is 14.4 Å². The highest BCUT2D eigenvalue weighted by molar-refractivity contribution is 5.88. The van der Waals surface area contributed by atoms with E-state index in [1.807, 2.05) is 0 Å². The van der Waals surface area contributed by atoms with Crippen LogP contribution in [0.25, 0.3) is 0 Å². The lowest BCUT2D eigenvalue weighted by molar-refractivity contribution is -0.147. The van der Waals surface area contributed by atoms with Crippen LogP contribution in [-0.2, 0) is 14.4 Å². The van der Waals surface area contributed by atoms with Crippen LogP contribution < -0.4 is 0 Å². The van der Waals surface area contributed by atoms with Crippen LogP contribution in [0.3, 0.4) is 0 Å². The molecule has 0 aromatic heterocycles. The fraction of sp³-hybridized carbons (Fsp3) is 0.880. The van der Waals surface area contributed by atoms with Crippen LogP contribution in [0.4, 0.5) is 0 Å². The second kappa shape index (κ2) is 26.4. The second-order valence-electron chi connectivity index (χ2n) is 8.47. The molecule has 0 amide bonds. The van der Waals surface area contributed by atoms with Gasteiger partial charge in [-0.25, -0.2) is 0 Å². The molecular weight excluding hydrogens is 396 g/mol. The first-order valence-electron chi connectivity index (χ1n) is 12.6. The Kier molecular flexibility index (Phi) is 27.0. The number of aliphatic carboxylic acids is 3. The highest BCUT2D eigenvalue weighted by Crippen LogP contribution is 2.14. The van der Waals surface area contributed by atoms with E-state index in [0.717, 1.165) is 12.8 Å². The van der Waals surface area contributed by atoms with Crippen molar-refractivity contribution in [2.45, 2.75) is 142 Å². The highest BCUT2D eigenvalue weighted by Gasteiger charge is 2.01. The van der Waals surface area contributed by atoms with E-state index >= 15 is 0 Å². The maximum Gasteiger partial charge on any atom is 0.314 e. The van der Waals surface area contributed by atoms with Crippen molar-refractivity contribution < 1.29 is 29.7 Å². The van der Waals surface area contributed by atoms with E-state index in [1.165, 1.54) is 109 Å². The van der Waals surface area contributed by atoms with Crippen molar-refractivity contribution in [1.29, 1.82) is 0 Å². The van der Waals surface area contributed by atoms with E-state index in [1.54, 1.807) is 0 Å². The zero-order chi connectivity index (χ0) is 23.6. The van der Waals surface area contributed by atoms with Crippen LogP contribution in [-0.4, -0.2) is 33.2 Å². The minimum Gasteiger partial charge on any atom is -0.481 e. The van der Waals surface area contributed by atoms with E-state index in [9.17, 15) is 14.4 Å². The minimum atomic E-state index is -1.31. The topological polar surface area (TPSA) is 112 Å². The summed E-state index contributed by atoms with van der Waals surface area (Å²) < 4.78 is 0. The summed E-state index contributed by atoms with van der Waals surface area (Å²) >= 11 is 0. The third-order valence-electron chi connectivity index (χ3n) is 5.30. The average Bonchev–Trinajstić information content (AvgIpc) is 2.69. The fourth-order valence-corrected chi connectivity index (χ4v) is 3.48. The summed E-state index contributed by atoms with van der Waals surface area (Å²) in [7, 11) is 0. The molecule has 0 bridgehead atoms. The predicted octanol–water partition coefficient (Wildman–Crippen LogP) is 7.44. The fourth-order valence-electron chi connectivity index (χ4n) is 3.48. The molecule has 6 heteroatoms. The first-order chi connectivity index (χ1) is 14.9. The van der Waals surface area contributed by atoms with Crippen molar-refractivity contribution in [3.63, 3.8) is 0 Å². The Balaban J connectivity index is 0. The molecule has 0 aromatic carbocycles. The van der Waals surface area contributed by atoms with E-state index in [4.69, 9.17) is 15.3 Å². The van der Waals surface area contributed by atoms with Crippen LogP contribution in [0.1, 0.15) is 142 Å². The van der Waals surface area contributed by atoms with Gasteiger partial charge in [0.25, 0.3) is 0 Å². The molecule has 0 aliphatic rings. The van der Waals surface area contributed by atoms with Crippen molar-refractivity contribution in [3.05, 3.63) is 0 Å². The van der Waals surface area contributed by atoms with Crippen LogP contribution in [0.5, 0.6) is 0 Å². The van der Waals surface area contributed by atoms with Crippen molar-refractivity contribution in [2.75, 3.05) is 0 Å². The van der Waals surface area contributed by atoms with Gasteiger partial charge in [0.05, 0.1) is 0 Å². The van der Waals surface area contributed by atoms with Gasteiger partial charge in [-0.1, -0.05) is 122 Å². The Bertz CT molecular complexity index is 410. The third kappa shape index (κ3) is 36.2. The number of rotatable bonds is 22. The molecule has 184 valence electrons. The molecule has 0 aliphatic heterocycles. The van der Waals surface area contributed by atoms with Crippen LogP contribution in [0.2, 0.25) is 0 Å². The van der Waals surface area contributed by atoms with E-state index < -0.39 is 24.3 Å². The molecule has 0 aliphatic carbocycles. The molecule has 0 atom stereocenters. The second-order valence-corrected chi connectivity index (χ2v) is 8.47. The summed E-state index contributed by atoms with van der Waals surface area (Å²) in [4.78, 5) is 29.2. The van der Waals surface area contributed by atoms with E-state index in [0.29, 0.717) is 6.42 Å². The SMILES string of the molecule is CCCCCCCCCCCCCCCCCCCCCC(=O)O.O=C(O)CC(=O)O. The molecule has 0 heterocycles. The standard InChI is InChI=1S/C22H44O2.C3H4O4/c1-2-3-4-5-6-7-8-9-10-11-12-13-14-15-16-17-18-19-20-21-22(23)24;4-2(5)1-3(6)7/h2-21H2,1H3,(H,23,24);1H2,(H,4,5)(H,6,7). The Morgan fingerprint density at radius 1 is 0.419 bits per heavy atom. The smallest absolute Gasteiger partial charge is 0.314 e. The lowest BCUT2D eigenvalue weighted by atomic mass is 10.0. The predicted molar refractivity (Wildman–Crippen MR) is 126 cm³/mol. The van der Waals surface area contributed by atoms with Crippen molar-refractivity contribution >= 4 is 17.9 Å². The number of hydrogen-bond donors (Lipinski definition) is 3. The molecule has 6 nitrogen and oxygen atoms in total. The maximum atomic E-state index is 10.4. The van der Waals surface area contributed by atoms with Gasteiger partial charge in [0.1, 0.15) is 6.42 Å². The summed E-state index contributed by atoms with van der Waals surface area (Å²) in [5.74, 6) is -3.28. The Morgan fingerprint density at radius 3 is 0.871 bits per heavy atom. The summed E-state index contributed by atoms with van der Waals surface area (Å²) in [6.07, 6.45) is 25.3. The zero-order valence-electron chi connectivity index (χ0n) is 19.9. The Hall–Kier alpha value is -1.59. The van der Waals surface area contributed by atoms with Crippen LogP contribution >= 0.6 is 0 Å². The monoisotopic (exact) mass is 444 g/mol. The number of carbonyl (C=O) groups is 3. The largest absolute Gasteiger partial charge is 0.481 e. The van der Waals surface area contributed by atoms with Gasteiger partial charge >= 0.3 is 17.9 Å². The number of carboxylic acid groups (broad SMARTS) is 3. The van der Waals surface area contributed by atoms with Crippen LogP contribution in [0, 0.1) is 0 Å². The third-order valence-corrected chi connectivity index (χ3v) is 5.30. The van der Waals surface area contributed by atoms with E-state index in [2.05, 4.69) is 6.92 Å². The van der Waals surface area contributed by atoms with E-state index in [-0.39, 0.29) is 0 Å². The minimum absolute atomic E-state index is 0.346. The molecule has 0 rings (SSSR count). The van der Waals surface area contributed by atoms with Gasteiger partial charge in [-0.2, -0.15) is 0 Å². The lowest BCUT2D eigenvalue weighted by Crippen LogP contribution is -2.03. The molecule has 3 N–H and O–H groups in total. The molecule has 31 heavy (non-hydrogen) atoms. The quantitative estimate of drug-likeness (QED) is 0.118. The van der Waals surface area contributed by atoms with Crippen molar-refractivity contribution in [3.8, 4) is 0 Å². The molecule has 0 unspecified atom stereocenters.